The molecule has 4 aliphatic rings. The third-order valence-electron chi connectivity index (χ3n) is 19.3. The zero-order chi connectivity index (χ0) is 46.0. The maximum absolute atomic E-state index is 6.79. The van der Waals surface area contributed by atoms with Gasteiger partial charge in [-0.1, -0.05) is 227 Å². The SMILES string of the molecule is C=C1C[C@@H](CCCCCCOC(CCCCCCCCCC/C=C\C/C=C\CCCCC)CC2CCCC[C@H]2C)CC[C@]1(C)C1CC[C@@]2(C)C(CC[C@@H]2[C@H](C)CCCC(C)C)C1CC. The molecule has 1 nitrogen and oxygen atoms in total. The molecule has 0 amide bonds. The van der Waals surface area contributed by atoms with E-state index in [1.165, 1.54) is 225 Å². The molecule has 0 radical (unpaired) electrons. The summed E-state index contributed by atoms with van der Waals surface area (Å²) in [5, 5.41) is 0. The van der Waals surface area contributed by atoms with Gasteiger partial charge in [0.2, 0.25) is 0 Å². The van der Waals surface area contributed by atoms with Gasteiger partial charge in [0.1, 0.15) is 0 Å². The summed E-state index contributed by atoms with van der Waals surface area (Å²) in [5.74, 6) is 8.06. The van der Waals surface area contributed by atoms with Gasteiger partial charge in [-0.2, -0.15) is 0 Å². The zero-order valence-corrected chi connectivity index (χ0v) is 44.9. The van der Waals surface area contributed by atoms with E-state index in [1.54, 1.807) is 5.57 Å². The maximum atomic E-state index is 6.79. The molecule has 4 saturated carbocycles. The lowest BCUT2D eigenvalue weighted by Crippen LogP contribution is -2.48. The molecule has 0 N–H and O–H groups in total. The second-order valence-electron chi connectivity index (χ2n) is 24.5. The van der Waals surface area contributed by atoms with Crippen molar-refractivity contribution in [2.75, 3.05) is 6.61 Å². The van der Waals surface area contributed by atoms with E-state index in [0.29, 0.717) is 16.9 Å². The van der Waals surface area contributed by atoms with Crippen LogP contribution < -0.4 is 0 Å². The molecule has 0 aliphatic heterocycles. The first-order valence-corrected chi connectivity index (χ1v) is 29.6. The lowest BCUT2D eigenvalue weighted by atomic mass is 9.48. The van der Waals surface area contributed by atoms with E-state index in [9.17, 15) is 0 Å². The first kappa shape index (κ1) is 55.8. The van der Waals surface area contributed by atoms with Crippen molar-refractivity contribution in [2.24, 2.45) is 64.1 Å². The van der Waals surface area contributed by atoms with Crippen LogP contribution >= 0.6 is 0 Å². The number of allylic oxidation sites excluding steroid dienone is 5. The van der Waals surface area contributed by atoms with E-state index < -0.39 is 0 Å². The number of rotatable bonds is 34. The van der Waals surface area contributed by atoms with Crippen LogP contribution in [0, 0.1) is 64.1 Å². The Bertz CT molecular complexity index is 1260. The summed E-state index contributed by atoms with van der Waals surface area (Å²) in [6.07, 6.45) is 59.9. The molecule has 0 aromatic heterocycles. The fourth-order valence-corrected chi connectivity index (χ4v) is 14.9. The molecule has 4 fully saturated rings. The minimum Gasteiger partial charge on any atom is -0.378 e. The second kappa shape index (κ2) is 31.3. The quantitative estimate of drug-likeness (QED) is 0.0462. The molecule has 64 heavy (non-hydrogen) atoms. The molecule has 11 atom stereocenters. The van der Waals surface area contributed by atoms with Crippen LogP contribution in [0.3, 0.4) is 0 Å². The summed E-state index contributed by atoms with van der Waals surface area (Å²) in [6, 6.07) is 0. The molecule has 0 heterocycles. The Morgan fingerprint density at radius 1 is 0.656 bits per heavy atom. The highest BCUT2D eigenvalue weighted by molar-refractivity contribution is 5.18. The topological polar surface area (TPSA) is 9.23 Å². The number of unbranched alkanes of at least 4 members (excludes halogenated alkanes) is 14. The average molecular weight is 888 g/mol. The minimum absolute atomic E-state index is 0.366. The highest BCUT2D eigenvalue weighted by Crippen LogP contribution is 2.66. The van der Waals surface area contributed by atoms with Crippen LogP contribution in [0.5, 0.6) is 0 Å². The molecule has 4 rings (SSSR count). The molecule has 1 heteroatoms. The lowest BCUT2D eigenvalue weighted by Gasteiger charge is -2.56. The third-order valence-corrected chi connectivity index (χ3v) is 19.3. The summed E-state index contributed by atoms with van der Waals surface area (Å²) in [6.45, 7) is 26.1. The summed E-state index contributed by atoms with van der Waals surface area (Å²) in [7, 11) is 0. The predicted octanol–water partition coefficient (Wildman–Crippen LogP) is 20.8. The van der Waals surface area contributed by atoms with Gasteiger partial charge in [-0.3, -0.25) is 0 Å². The lowest BCUT2D eigenvalue weighted by molar-refractivity contribution is -0.0484. The van der Waals surface area contributed by atoms with Crippen molar-refractivity contribution >= 4 is 0 Å². The van der Waals surface area contributed by atoms with Gasteiger partial charge in [0.15, 0.2) is 0 Å². The van der Waals surface area contributed by atoms with E-state index in [4.69, 9.17) is 11.3 Å². The van der Waals surface area contributed by atoms with Gasteiger partial charge in [-0.05, 0) is 160 Å². The Morgan fingerprint density at radius 2 is 1.33 bits per heavy atom. The first-order valence-electron chi connectivity index (χ1n) is 29.6. The van der Waals surface area contributed by atoms with Gasteiger partial charge in [-0.15, -0.1) is 0 Å². The van der Waals surface area contributed by atoms with Crippen molar-refractivity contribution in [2.45, 2.75) is 293 Å². The van der Waals surface area contributed by atoms with Crippen LogP contribution in [0.2, 0.25) is 0 Å². The molecule has 5 unspecified atom stereocenters. The van der Waals surface area contributed by atoms with Gasteiger partial charge >= 0.3 is 0 Å². The molecular weight excluding hydrogens is 773 g/mol. The molecule has 0 aromatic rings. The highest BCUT2D eigenvalue weighted by Gasteiger charge is 2.57. The summed E-state index contributed by atoms with van der Waals surface area (Å²) in [4.78, 5) is 0. The first-order chi connectivity index (χ1) is 31.0. The van der Waals surface area contributed by atoms with Gasteiger partial charge in [0.05, 0.1) is 6.10 Å². The van der Waals surface area contributed by atoms with Crippen LogP contribution in [0.15, 0.2) is 36.5 Å². The van der Waals surface area contributed by atoms with Crippen LogP contribution in [0.25, 0.3) is 0 Å². The number of hydrogen-bond donors (Lipinski definition) is 0. The molecule has 0 saturated heterocycles. The van der Waals surface area contributed by atoms with Crippen LogP contribution in [0.1, 0.15) is 287 Å². The van der Waals surface area contributed by atoms with Crippen molar-refractivity contribution in [3.05, 3.63) is 36.5 Å². The predicted molar refractivity (Wildman–Crippen MR) is 285 cm³/mol. The third kappa shape index (κ3) is 18.6. The van der Waals surface area contributed by atoms with E-state index in [1.807, 2.05) is 0 Å². The summed E-state index contributed by atoms with van der Waals surface area (Å²) >= 11 is 0. The van der Waals surface area contributed by atoms with Crippen LogP contribution in [-0.4, -0.2) is 12.7 Å². The fraction of sp³-hybridized carbons (Fsp3) is 0.905. The van der Waals surface area contributed by atoms with Crippen LogP contribution in [0.4, 0.5) is 0 Å². The monoisotopic (exact) mass is 887 g/mol. The Labute approximate surface area is 402 Å². The Hall–Kier alpha value is -0.820. The molecular formula is C63H114O. The van der Waals surface area contributed by atoms with Crippen molar-refractivity contribution in [1.29, 1.82) is 0 Å². The smallest absolute Gasteiger partial charge is 0.0577 e. The minimum atomic E-state index is 0.366. The Kier molecular flexibility index (Phi) is 27.3. The molecule has 0 bridgehead atoms. The van der Waals surface area contributed by atoms with E-state index in [-0.39, 0.29) is 0 Å². The average Bonchev–Trinajstić information content (AvgIpc) is 3.64. The normalized spacial score (nSPS) is 31.1. The maximum Gasteiger partial charge on any atom is 0.0577 e. The van der Waals surface area contributed by atoms with Crippen molar-refractivity contribution in [3.8, 4) is 0 Å². The Balaban J connectivity index is 1.07. The second-order valence-corrected chi connectivity index (χ2v) is 24.5. The molecule has 372 valence electrons. The number of ether oxygens (including phenoxy) is 1. The van der Waals surface area contributed by atoms with E-state index in [0.717, 1.165) is 66.3 Å². The van der Waals surface area contributed by atoms with Gasteiger partial charge < -0.3 is 4.74 Å². The fourth-order valence-electron chi connectivity index (χ4n) is 14.9. The molecule has 4 aliphatic carbocycles. The number of hydrogen-bond acceptors (Lipinski definition) is 1. The van der Waals surface area contributed by atoms with Crippen molar-refractivity contribution in [3.63, 3.8) is 0 Å². The summed E-state index contributed by atoms with van der Waals surface area (Å²) in [5.41, 5.74) is 2.59. The molecule has 0 spiro atoms. The van der Waals surface area contributed by atoms with Gasteiger partial charge in [0.25, 0.3) is 0 Å². The number of fused-ring (bicyclic) bond motifs is 1. The van der Waals surface area contributed by atoms with Crippen LogP contribution in [-0.2, 0) is 4.74 Å². The summed E-state index contributed by atoms with van der Waals surface area (Å²) < 4.78 is 6.79. The van der Waals surface area contributed by atoms with E-state index >= 15 is 0 Å². The highest BCUT2D eigenvalue weighted by atomic mass is 16.5. The Morgan fingerprint density at radius 3 is 2.02 bits per heavy atom. The standard InChI is InChI=1S/C63H114O/c1-10-12-13-14-15-16-17-18-19-20-21-22-23-24-25-26-27-31-41-57(50-56-40-33-32-37-52(56)5)64-48-34-29-28-30-39-55-44-46-62(8,54(7)49-55)61-45-47-63(9)59(42-43-60(63)58(61)11-2)53(6)38-35-36-51(3)4/h15-16,18-19,51-53,55-61H,7,10-14,17,20-50H2,1-6,8-9H3/b16-15-,19-18-/t52-,53-,55+,56?,57?,58?,59-,60?,61?,62+,63-/m1/s1. The van der Waals surface area contributed by atoms with Crippen molar-refractivity contribution in [1.82, 2.24) is 0 Å². The van der Waals surface area contributed by atoms with E-state index in [2.05, 4.69) is 79.7 Å². The largest absolute Gasteiger partial charge is 0.378 e. The van der Waals surface area contributed by atoms with Gasteiger partial charge in [-0.25, -0.2) is 0 Å². The molecule has 0 aromatic carbocycles. The van der Waals surface area contributed by atoms with Crippen molar-refractivity contribution < 1.29 is 4.74 Å². The zero-order valence-electron chi connectivity index (χ0n) is 44.9. The van der Waals surface area contributed by atoms with Gasteiger partial charge in [0, 0.05) is 6.61 Å².